The summed E-state index contributed by atoms with van der Waals surface area (Å²) in [4.78, 5) is 0. The van der Waals surface area contributed by atoms with Crippen LogP contribution in [0.3, 0.4) is 0 Å². The fraction of sp³-hybridized carbons (Fsp3) is 0. The lowest BCUT2D eigenvalue weighted by molar-refractivity contribution is -1.92. The van der Waals surface area contributed by atoms with Gasteiger partial charge < -0.3 is 5.73 Å². The van der Waals surface area contributed by atoms with Gasteiger partial charge in [-0.15, -0.1) is 0 Å². The minimum Gasteiger partial charge on any atom is -0.343 e. The van der Waals surface area contributed by atoms with Gasteiger partial charge in [0.1, 0.15) is 0 Å². The largest absolute Gasteiger partial charge is 0.444 e. The summed E-state index contributed by atoms with van der Waals surface area (Å²) in [7, 11) is 0. The van der Waals surface area contributed by atoms with E-state index in [0.29, 0.717) is 0 Å². The normalized spacial score (nSPS) is 10.9. The zero-order chi connectivity index (χ0) is 6.78. The molecule has 0 aliphatic rings. The molecule has 0 aliphatic carbocycles. The van der Waals surface area contributed by atoms with E-state index in [9.17, 15) is 10.3 Å². The van der Waals surface area contributed by atoms with Gasteiger partial charge in [0.2, 0.25) is 0 Å². The molecular weight excluding hydrogens is 231 g/mol. The van der Waals surface area contributed by atoms with Crippen LogP contribution >= 0.6 is 0 Å². The van der Waals surface area contributed by atoms with E-state index in [4.69, 9.17) is 5.41 Å². The van der Waals surface area contributed by atoms with Crippen LogP contribution in [0.1, 0.15) is 0 Å². The number of amidine groups is 1. The Morgan fingerprint density at radius 3 is 1.88 bits per heavy atom. The van der Waals surface area contributed by atoms with Gasteiger partial charge >= 0.3 is 26.1 Å². The van der Waals surface area contributed by atoms with Crippen LogP contribution in [0.2, 0.25) is 0 Å². The molecule has 0 aliphatic heterocycles. The molecule has 0 aromatic rings. The van der Waals surface area contributed by atoms with Crippen molar-refractivity contribution < 1.29 is 33.5 Å². The van der Waals surface area contributed by atoms with Crippen LogP contribution < -0.4 is 36.1 Å². The molecule has 8 heavy (non-hydrogen) atoms. The first kappa shape index (κ1) is 7.88. The first-order valence-electron chi connectivity index (χ1n) is 1.36. The van der Waals surface area contributed by atoms with Crippen molar-refractivity contribution in [2.45, 2.75) is 0 Å². The third-order valence-corrected chi connectivity index (χ3v) is 1.19. The molecule has 0 fully saturated rings. The minimum atomic E-state index is -5.69. The first-order valence-corrected chi connectivity index (χ1v) is 4.88. The molecule has 6 nitrogen and oxygen atoms in total. The summed E-state index contributed by atoms with van der Waals surface area (Å²) >= 11 is -5.69. The highest BCUT2D eigenvalue weighted by Gasteiger charge is 2.28. The topological polar surface area (TPSA) is 128 Å². The van der Waals surface area contributed by atoms with E-state index in [1.807, 2.05) is 0 Å². The number of halogens is 1. The van der Waals surface area contributed by atoms with Gasteiger partial charge in [-0.1, -0.05) is 3.07 Å². The highest BCUT2D eigenvalue weighted by atomic mass is 127. The maximum atomic E-state index is 9.54. The number of hydrogen-bond acceptors (Lipinski definition) is 5. The van der Waals surface area contributed by atoms with E-state index in [1.165, 1.54) is 0 Å². The Morgan fingerprint density at radius 1 is 1.50 bits per heavy atom. The Morgan fingerprint density at radius 2 is 1.88 bits per heavy atom. The molecule has 0 spiro atoms. The van der Waals surface area contributed by atoms with Gasteiger partial charge in [0, 0.05) is 0 Å². The summed E-state index contributed by atoms with van der Waals surface area (Å²) in [6.07, 6.45) is 0. The maximum absolute atomic E-state index is 9.54. The van der Waals surface area contributed by atoms with E-state index in [1.54, 1.807) is 0 Å². The average molecular weight is 234 g/mol. The van der Waals surface area contributed by atoms with E-state index in [2.05, 4.69) is 8.80 Å². The summed E-state index contributed by atoms with van der Waals surface area (Å²) in [5.41, 5.74) is 4.38. The highest BCUT2D eigenvalue weighted by Crippen LogP contribution is 1.39. The third-order valence-electron chi connectivity index (χ3n) is 0.178. The molecule has 0 heterocycles. The number of nitrogens with one attached hydrogen (secondary N) is 1. The SMILES string of the molecule is N=C(N)O[I+3]([O-])([O-])[O-]. The molecule has 0 radical (unpaired) electrons. The van der Waals surface area contributed by atoms with Crippen molar-refractivity contribution in [3.63, 3.8) is 0 Å². The van der Waals surface area contributed by atoms with Gasteiger partial charge in [0.15, 0.2) is 0 Å². The Kier molecular flexibility index (Phi) is 2.40. The molecule has 0 saturated carbocycles. The van der Waals surface area contributed by atoms with Crippen molar-refractivity contribution in [3.8, 4) is 0 Å². The van der Waals surface area contributed by atoms with Gasteiger partial charge in [0.25, 0.3) is 0 Å². The Bertz CT molecular complexity index is 96.7. The molecule has 0 bridgehead atoms. The van der Waals surface area contributed by atoms with Crippen LogP contribution in [0, 0.1) is 5.41 Å². The Balaban J connectivity index is 3.55. The standard InChI is InChI=1S/CH3IN2O4/c3-1(4)8-2(5,6)7/h(H3,3,4). The fourth-order valence-electron chi connectivity index (χ4n) is 0.102. The van der Waals surface area contributed by atoms with E-state index >= 15 is 0 Å². The predicted octanol–water partition coefficient (Wildman–Crippen LogP) is -7.20. The predicted molar refractivity (Wildman–Crippen MR) is 13.0 cm³/mol. The van der Waals surface area contributed by atoms with E-state index < -0.39 is 26.1 Å². The summed E-state index contributed by atoms with van der Waals surface area (Å²) in [5, 5.41) is 6.15. The van der Waals surface area contributed by atoms with Gasteiger partial charge in [-0.25, -0.2) is 15.7 Å². The van der Waals surface area contributed by atoms with Gasteiger partial charge in [-0.05, 0) is 0 Å². The van der Waals surface area contributed by atoms with Crippen LogP contribution in [0.5, 0.6) is 0 Å². The number of nitrogens with two attached hydrogens (primary N) is 1. The second-order valence-corrected chi connectivity index (χ2v) is 3.42. The lowest BCUT2D eigenvalue weighted by atomic mass is 11.3. The second kappa shape index (κ2) is 2.44. The van der Waals surface area contributed by atoms with Crippen LogP contribution in [-0.4, -0.2) is 6.02 Å². The molecule has 0 aromatic heterocycles. The van der Waals surface area contributed by atoms with Crippen LogP contribution in [0.4, 0.5) is 0 Å². The molecule has 0 atom stereocenters. The molecule has 0 unspecified atom stereocenters. The molecule has 7 heteroatoms. The molecule has 0 aromatic carbocycles. The average Bonchev–Trinajstić information content (AvgIpc) is 1.21. The van der Waals surface area contributed by atoms with Crippen molar-refractivity contribution in [2.75, 3.05) is 0 Å². The lowest BCUT2D eigenvalue weighted by Gasteiger charge is -2.01. The third kappa shape index (κ3) is 5.88. The first-order chi connectivity index (χ1) is 3.42. The smallest absolute Gasteiger partial charge is 0.343 e. The molecule has 48 valence electrons. The van der Waals surface area contributed by atoms with Crippen LogP contribution in [0.25, 0.3) is 0 Å². The second-order valence-electron chi connectivity index (χ2n) is 0.819. The van der Waals surface area contributed by atoms with Crippen LogP contribution in [-0.2, 0) is 3.07 Å². The number of hydrogen-bond donors (Lipinski definition) is 2. The molecular formula is CH3IN2O4. The van der Waals surface area contributed by atoms with Crippen LogP contribution in [0.15, 0.2) is 0 Å². The molecule has 3 N–H and O–H groups in total. The van der Waals surface area contributed by atoms with Gasteiger partial charge in [-0.2, -0.15) is 0 Å². The van der Waals surface area contributed by atoms with Gasteiger partial charge in [0.05, 0.1) is 0 Å². The monoisotopic (exact) mass is 234 g/mol. The lowest BCUT2D eigenvalue weighted by Crippen LogP contribution is -4.24. The fourth-order valence-corrected chi connectivity index (χ4v) is 0.683. The molecule has 0 amide bonds. The summed E-state index contributed by atoms with van der Waals surface area (Å²) in [6.45, 7) is 0. The Hall–Kier alpha value is -0.120. The summed E-state index contributed by atoms with van der Waals surface area (Å²) < 4.78 is 31.9. The summed E-state index contributed by atoms with van der Waals surface area (Å²) in [6, 6.07) is -1.08. The van der Waals surface area contributed by atoms with E-state index in [-0.39, 0.29) is 0 Å². The summed E-state index contributed by atoms with van der Waals surface area (Å²) in [5.74, 6) is 0. The minimum absolute atomic E-state index is 1.08. The van der Waals surface area contributed by atoms with Crippen molar-refractivity contribution in [1.29, 1.82) is 5.41 Å². The van der Waals surface area contributed by atoms with E-state index in [0.717, 1.165) is 0 Å². The van der Waals surface area contributed by atoms with Crippen molar-refractivity contribution >= 4 is 6.02 Å². The maximum Gasteiger partial charge on any atom is 0.444 e. The molecule has 0 rings (SSSR count). The number of rotatable bonds is 1. The Labute approximate surface area is 51.1 Å². The van der Waals surface area contributed by atoms with Gasteiger partial charge in [-0.3, -0.25) is 0 Å². The quantitative estimate of drug-likeness (QED) is 0.264. The molecule has 0 saturated heterocycles. The van der Waals surface area contributed by atoms with Crippen molar-refractivity contribution in [2.24, 2.45) is 5.73 Å². The van der Waals surface area contributed by atoms with Crippen molar-refractivity contribution in [3.05, 3.63) is 0 Å². The zero-order valence-electron chi connectivity index (χ0n) is 3.59. The van der Waals surface area contributed by atoms with Crippen molar-refractivity contribution in [1.82, 2.24) is 0 Å². The highest BCUT2D eigenvalue weighted by molar-refractivity contribution is 5.66. The zero-order valence-corrected chi connectivity index (χ0v) is 5.75.